The first-order chi connectivity index (χ1) is 11.4. The monoisotopic (exact) mass is 409 g/mol. The van der Waals surface area contributed by atoms with Crippen LogP contribution in [0.1, 0.15) is 36.2 Å². The number of carbonyl (C=O) groups is 2. The quantitative estimate of drug-likeness (QED) is 0.770. The van der Waals surface area contributed by atoms with Crippen LogP contribution < -0.4 is 5.32 Å². The molecule has 2 aliphatic rings. The number of nitrogens with one attached hydrogen (secondary N) is 1. The standard InChI is InChI=1S/C15H15Cl4N3O2/c16-9-10(17)12(21-13(19)11(9)18)15(24)22-5-1-2-7(6-22)14(23)20-8-3-4-8/h7-8H,1-6H2,(H,20,23). The number of amides is 2. The molecule has 0 radical (unpaired) electrons. The summed E-state index contributed by atoms with van der Waals surface area (Å²) in [7, 11) is 0. The Morgan fingerprint density at radius 2 is 1.75 bits per heavy atom. The normalized spacial score (nSPS) is 20.8. The summed E-state index contributed by atoms with van der Waals surface area (Å²) < 4.78 is 0. The number of piperidine rings is 1. The molecule has 1 saturated heterocycles. The molecule has 0 spiro atoms. The number of pyridine rings is 1. The van der Waals surface area contributed by atoms with Crippen molar-refractivity contribution < 1.29 is 9.59 Å². The fourth-order valence-corrected chi connectivity index (χ4v) is 3.51. The van der Waals surface area contributed by atoms with Crippen LogP contribution in [0, 0.1) is 5.92 Å². The largest absolute Gasteiger partial charge is 0.353 e. The summed E-state index contributed by atoms with van der Waals surface area (Å²) in [5.74, 6) is -0.620. The zero-order chi connectivity index (χ0) is 17.4. The van der Waals surface area contributed by atoms with E-state index in [1.54, 1.807) is 4.90 Å². The second kappa shape index (κ2) is 7.24. The van der Waals surface area contributed by atoms with Gasteiger partial charge in [0, 0.05) is 19.1 Å². The van der Waals surface area contributed by atoms with Crippen LogP contribution in [-0.2, 0) is 4.79 Å². The highest BCUT2D eigenvalue weighted by Gasteiger charge is 2.33. The lowest BCUT2D eigenvalue weighted by Crippen LogP contribution is -2.46. The molecule has 0 bridgehead atoms. The second-order valence-electron chi connectivity index (χ2n) is 6.07. The van der Waals surface area contributed by atoms with Gasteiger partial charge in [-0.15, -0.1) is 0 Å². The van der Waals surface area contributed by atoms with Crippen LogP contribution in [-0.4, -0.2) is 40.8 Å². The van der Waals surface area contributed by atoms with Gasteiger partial charge in [0.15, 0.2) is 0 Å². The molecule has 130 valence electrons. The van der Waals surface area contributed by atoms with Crippen LogP contribution in [0.3, 0.4) is 0 Å². The van der Waals surface area contributed by atoms with E-state index >= 15 is 0 Å². The van der Waals surface area contributed by atoms with Gasteiger partial charge in [-0.2, -0.15) is 0 Å². The van der Waals surface area contributed by atoms with Gasteiger partial charge < -0.3 is 10.2 Å². The van der Waals surface area contributed by atoms with Gasteiger partial charge in [0.05, 0.1) is 21.0 Å². The van der Waals surface area contributed by atoms with Crippen LogP contribution in [0.4, 0.5) is 0 Å². The summed E-state index contributed by atoms with van der Waals surface area (Å²) in [4.78, 5) is 30.5. The summed E-state index contributed by atoms with van der Waals surface area (Å²) in [6, 6.07) is 0.300. The van der Waals surface area contributed by atoms with Gasteiger partial charge in [-0.25, -0.2) is 4.98 Å². The number of hydrogen-bond acceptors (Lipinski definition) is 3. The van der Waals surface area contributed by atoms with Gasteiger partial charge in [-0.05, 0) is 25.7 Å². The summed E-state index contributed by atoms with van der Waals surface area (Å²) in [5.41, 5.74) is -0.0423. The first kappa shape index (κ1) is 18.1. The van der Waals surface area contributed by atoms with Gasteiger partial charge in [-0.1, -0.05) is 46.4 Å². The molecular formula is C15H15Cl4N3O2. The lowest BCUT2D eigenvalue weighted by Gasteiger charge is -2.32. The Bertz CT molecular complexity index is 694. The molecule has 1 aliphatic heterocycles. The van der Waals surface area contributed by atoms with E-state index in [0.29, 0.717) is 19.1 Å². The van der Waals surface area contributed by atoms with Gasteiger partial charge in [0.1, 0.15) is 10.8 Å². The number of hydrogen-bond donors (Lipinski definition) is 1. The van der Waals surface area contributed by atoms with E-state index in [9.17, 15) is 9.59 Å². The highest BCUT2D eigenvalue weighted by molar-refractivity contribution is 6.52. The molecule has 5 nitrogen and oxygen atoms in total. The van der Waals surface area contributed by atoms with Crippen LogP contribution in [0.25, 0.3) is 0 Å². The van der Waals surface area contributed by atoms with Crippen LogP contribution in [0.2, 0.25) is 20.2 Å². The van der Waals surface area contributed by atoms with Crippen LogP contribution in [0.15, 0.2) is 0 Å². The second-order valence-corrected chi connectivity index (χ2v) is 7.56. The highest BCUT2D eigenvalue weighted by Crippen LogP contribution is 2.36. The Balaban J connectivity index is 1.76. The summed E-state index contributed by atoms with van der Waals surface area (Å²) in [5, 5.41) is 2.90. The van der Waals surface area contributed by atoms with Crippen molar-refractivity contribution in [1.82, 2.24) is 15.2 Å². The maximum Gasteiger partial charge on any atom is 0.274 e. The van der Waals surface area contributed by atoms with Gasteiger partial charge in [0.2, 0.25) is 5.91 Å². The van der Waals surface area contributed by atoms with E-state index in [2.05, 4.69) is 10.3 Å². The molecule has 1 N–H and O–H groups in total. The third-order valence-electron chi connectivity index (χ3n) is 4.19. The molecule has 1 aromatic rings. The minimum atomic E-state index is -0.399. The van der Waals surface area contributed by atoms with E-state index in [0.717, 1.165) is 25.7 Å². The molecule has 1 unspecified atom stereocenters. The summed E-state index contributed by atoms with van der Waals surface area (Å²) in [6.45, 7) is 0.856. The van der Waals surface area contributed by atoms with Gasteiger partial charge in [0.25, 0.3) is 5.91 Å². The fourth-order valence-electron chi connectivity index (χ4n) is 2.70. The first-order valence-electron chi connectivity index (χ1n) is 7.68. The third kappa shape index (κ3) is 3.74. The van der Waals surface area contributed by atoms with E-state index in [1.807, 2.05) is 0 Å². The minimum absolute atomic E-state index is 0.00114. The van der Waals surface area contributed by atoms with Crippen molar-refractivity contribution in [3.63, 3.8) is 0 Å². The Morgan fingerprint density at radius 1 is 1.04 bits per heavy atom. The number of aromatic nitrogens is 1. The zero-order valence-corrected chi connectivity index (χ0v) is 15.6. The Hall–Kier alpha value is -0.750. The fraction of sp³-hybridized carbons (Fsp3) is 0.533. The number of halogens is 4. The van der Waals surface area contributed by atoms with E-state index < -0.39 is 5.91 Å². The predicted octanol–water partition coefficient (Wildman–Crippen LogP) is 3.83. The molecule has 9 heteroatoms. The number of carbonyl (C=O) groups excluding carboxylic acids is 2. The highest BCUT2D eigenvalue weighted by atomic mass is 35.5. The van der Waals surface area contributed by atoms with Gasteiger partial charge >= 0.3 is 0 Å². The van der Waals surface area contributed by atoms with Crippen LogP contribution in [0.5, 0.6) is 0 Å². The topological polar surface area (TPSA) is 62.3 Å². The summed E-state index contributed by atoms with van der Waals surface area (Å²) in [6.07, 6.45) is 3.55. The van der Waals surface area contributed by atoms with Crippen molar-refractivity contribution in [3.8, 4) is 0 Å². The minimum Gasteiger partial charge on any atom is -0.353 e. The lowest BCUT2D eigenvalue weighted by molar-refractivity contribution is -0.126. The van der Waals surface area contributed by atoms with Crippen molar-refractivity contribution in [2.75, 3.05) is 13.1 Å². The molecule has 2 heterocycles. The van der Waals surface area contributed by atoms with E-state index in [1.165, 1.54) is 0 Å². The number of nitrogens with zero attached hydrogens (tertiary/aromatic N) is 2. The maximum atomic E-state index is 12.7. The van der Waals surface area contributed by atoms with E-state index in [4.69, 9.17) is 46.4 Å². The molecule has 1 atom stereocenters. The van der Waals surface area contributed by atoms with Crippen molar-refractivity contribution in [1.29, 1.82) is 0 Å². The molecule has 1 aromatic heterocycles. The van der Waals surface area contributed by atoms with E-state index in [-0.39, 0.29) is 37.7 Å². The smallest absolute Gasteiger partial charge is 0.274 e. The predicted molar refractivity (Wildman–Crippen MR) is 94.1 cm³/mol. The zero-order valence-electron chi connectivity index (χ0n) is 12.6. The average molecular weight is 411 g/mol. The molecule has 3 rings (SSSR count). The average Bonchev–Trinajstić information content (AvgIpc) is 3.39. The summed E-state index contributed by atoms with van der Waals surface area (Å²) >= 11 is 23.9. The Kier molecular flexibility index (Phi) is 5.45. The lowest BCUT2D eigenvalue weighted by atomic mass is 9.96. The third-order valence-corrected chi connectivity index (χ3v) is 5.87. The molecular weight excluding hydrogens is 396 g/mol. The van der Waals surface area contributed by atoms with Crippen molar-refractivity contribution in [2.45, 2.75) is 31.7 Å². The van der Waals surface area contributed by atoms with Crippen LogP contribution >= 0.6 is 46.4 Å². The van der Waals surface area contributed by atoms with Crippen molar-refractivity contribution >= 4 is 58.2 Å². The molecule has 0 aromatic carbocycles. The Labute approximate surface area is 159 Å². The molecule has 2 amide bonds. The molecule has 24 heavy (non-hydrogen) atoms. The maximum absolute atomic E-state index is 12.7. The van der Waals surface area contributed by atoms with Gasteiger partial charge in [-0.3, -0.25) is 9.59 Å². The number of likely N-dealkylation sites (tertiary alicyclic amines) is 1. The molecule has 1 aliphatic carbocycles. The Morgan fingerprint density at radius 3 is 2.42 bits per heavy atom. The number of rotatable bonds is 3. The van der Waals surface area contributed by atoms with Crippen molar-refractivity contribution in [3.05, 3.63) is 25.9 Å². The molecule has 2 fully saturated rings. The SMILES string of the molecule is O=C(NC1CC1)C1CCCN(C(=O)c2nc(Cl)c(Cl)c(Cl)c2Cl)C1. The molecule has 1 saturated carbocycles. The first-order valence-corrected chi connectivity index (χ1v) is 9.19. The van der Waals surface area contributed by atoms with Crippen molar-refractivity contribution in [2.24, 2.45) is 5.92 Å².